The number of methoxy groups -OCH3 is 1. The van der Waals surface area contributed by atoms with Crippen LogP contribution in [0.2, 0.25) is 0 Å². The first-order chi connectivity index (χ1) is 11.1. The summed E-state index contributed by atoms with van der Waals surface area (Å²) in [6.45, 7) is 7.03. The molecule has 24 heavy (non-hydrogen) atoms. The molecule has 0 spiro atoms. The Bertz CT molecular complexity index is 493. The molecule has 2 atom stereocenters. The van der Waals surface area contributed by atoms with E-state index in [9.17, 15) is 14.4 Å². The average Bonchev–Trinajstić information content (AvgIpc) is 2.81. The van der Waals surface area contributed by atoms with Gasteiger partial charge >= 0.3 is 12.1 Å². The lowest BCUT2D eigenvalue weighted by Gasteiger charge is -2.36. The molecule has 0 unspecified atom stereocenters. The van der Waals surface area contributed by atoms with Crippen LogP contribution in [0.15, 0.2) is 0 Å². The molecule has 0 aromatic rings. The lowest BCUT2D eigenvalue weighted by Crippen LogP contribution is -2.54. The molecule has 1 aliphatic heterocycles. The Morgan fingerprint density at radius 3 is 2.42 bits per heavy atom. The third kappa shape index (κ3) is 5.28. The predicted molar refractivity (Wildman–Crippen MR) is 94.3 cm³/mol. The summed E-state index contributed by atoms with van der Waals surface area (Å²) in [4.78, 5) is 38.1. The van der Waals surface area contributed by atoms with E-state index in [0.29, 0.717) is 25.1 Å². The van der Waals surface area contributed by atoms with Crippen LogP contribution in [0.4, 0.5) is 4.79 Å². The first kappa shape index (κ1) is 21.1. The fourth-order valence-electron chi connectivity index (χ4n) is 2.89. The minimum Gasteiger partial charge on any atom is -0.467 e. The summed E-state index contributed by atoms with van der Waals surface area (Å²) in [6.07, 6.45) is 0.694. The summed E-state index contributed by atoms with van der Waals surface area (Å²) in [5.41, 5.74) is -1.82. The van der Waals surface area contributed by atoms with Gasteiger partial charge in [0.1, 0.15) is 11.1 Å². The zero-order valence-electron chi connectivity index (χ0n) is 14.9. The lowest BCUT2D eigenvalue weighted by molar-refractivity contribution is -0.153. The molecule has 0 radical (unpaired) electrons. The summed E-state index contributed by atoms with van der Waals surface area (Å²) in [5.74, 6) is -0.129. The van der Waals surface area contributed by atoms with Gasteiger partial charge < -0.3 is 9.47 Å². The number of rotatable bonds is 5. The SMILES string of the molecule is COC(=O)[C@]1(CCCCl)C[C@@H](SC(C)=O)CN1C(=O)OC(C)(C)C. The maximum absolute atomic E-state index is 12.7. The van der Waals surface area contributed by atoms with Gasteiger partial charge in [0.2, 0.25) is 0 Å². The van der Waals surface area contributed by atoms with Gasteiger partial charge in [0, 0.05) is 24.6 Å². The first-order valence-corrected chi connectivity index (χ1v) is 9.29. The fourth-order valence-corrected chi connectivity index (χ4v) is 4.08. The van der Waals surface area contributed by atoms with Crippen LogP contribution in [0.1, 0.15) is 47.0 Å². The average molecular weight is 380 g/mol. The Morgan fingerprint density at radius 1 is 1.33 bits per heavy atom. The van der Waals surface area contributed by atoms with Gasteiger partial charge in [-0.25, -0.2) is 9.59 Å². The topological polar surface area (TPSA) is 72.9 Å². The maximum Gasteiger partial charge on any atom is 0.411 e. The molecular weight excluding hydrogens is 354 g/mol. The molecule has 138 valence electrons. The van der Waals surface area contributed by atoms with Crippen LogP contribution in [-0.2, 0) is 19.1 Å². The molecule has 0 bridgehead atoms. The molecule has 1 heterocycles. The van der Waals surface area contributed by atoms with E-state index in [0.717, 1.165) is 11.8 Å². The van der Waals surface area contributed by atoms with E-state index in [1.165, 1.54) is 18.9 Å². The number of amides is 1. The molecule has 1 saturated heterocycles. The van der Waals surface area contributed by atoms with Gasteiger partial charge in [-0.2, -0.15) is 0 Å². The number of esters is 1. The molecule has 1 amide bonds. The minimum absolute atomic E-state index is 0.0536. The molecule has 0 aromatic heterocycles. The van der Waals surface area contributed by atoms with Gasteiger partial charge in [0.15, 0.2) is 5.12 Å². The smallest absolute Gasteiger partial charge is 0.411 e. The van der Waals surface area contributed by atoms with Crippen molar-refractivity contribution in [2.75, 3.05) is 19.5 Å². The van der Waals surface area contributed by atoms with Crippen molar-refractivity contribution in [3.8, 4) is 0 Å². The van der Waals surface area contributed by atoms with Crippen molar-refractivity contribution in [1.82, 2.24) is 4.90 Å². The number of ether oxygens (including phenoxy) is 2. The molecule has 1 aliphatic rings. The molecule has 1 rings (SSSR count). The molecular formula is C16H26ClNO5S. The van der Waals surface area contributed by atoms with Crippen molar-refractivity contribution in [2.24, 2.45) is 0 Å². The largest absolute Gasteiger partial charge is 0.467 e. The lowest BCUT2D eigenvalue weighted by atomic mass is 9.90. The Labute approximate surface area is 152 Å². The maximum atomic E-state index is 12.7. The zero-order chi connectivity index (χ0) is 18.5. The predicted octanol–water partition coefficient (Wildman–Crippen LogP) is 3.21. The standard InChI is InChI=1S/C16H26ClNO5S/c1-11(19)24-12-9-16(7-6-8-17,13(20)22-5)18(10-12)14(21)23-15(2,3)4/h12H,6-10H2,1-5H3/t12-,16+/m1/s1. The van der Waals surface area contributed by atoms with Crippen molar-refractivity contribution in [1.29, 1.82) is 0 Å². The minimum atomic E-state index is -1.14. The molecule has 0 N–H and O–H groups in total. The van der Waals surface area contributed by atoms with Gasteiger partial charge in [-0.05, 0) is 40.0 Å². The van der Waals surface area contributed by atoms with Gasteiger partial charge in [0.05, 0.1) is 7.11 Å². The van der Waals surface area contributed by atoms with Gasteiger partial charge in [-0.15, -0.1) is 11.6 Å². The number of nitrogens with zero attached hydrogens (tertiary/aromatic N) is 1. The monoisotopic (exact) mass is 379 g/mol. The highest BCUT2D eigenvalue weighted by Crippen LogP contribution is 2.41. The molecule has 0 aromatic carbocycles. The number of halogens is 1. The summed E-state index contributed by atoms with van der Waals surface area (Å²) >= 11 is 6.93. The van der Waals surface area contributed by atoms with E-state index in [1.54, 1.807) is 20.8 Å². The van der Waals surface area contributed by atoms with Gasteiger partial charge in [-0.1, -0.05) is 11.8 Å². The van der Waals surface area contributed by atoms with Crippen LogP contribution in [-0.4, -0.2) is 58.0 Å². The zero-order valence-corrected chi connectivity index (χ0v) is 16.5. The van der Waals surface area contributed by atoms with Crippen LogP contribution in [0.5, 0.6) is 0 Å². The highest BCUT2D eigenvalue weighted by molar-refractivity contribution is 8.14. The van der Waals surface area contributed by atoms with E-state index >= 15 is 0 Å². The van der Waals surface area contributed by atoms with E-state index in [2.05, 4.69) is 0 Å². The second kappa shape index (κ2) is 8.43. The third-order valence-corrected chi connectivity index (χ3v) is 4.95. The second-order valence-electron chi connectivity index (χ2n) is 6.84. The highest BCUT2D eigenvalue weighted by Gasteiger charge is 2.55. The normalized spacial score (nSPS) is 23.9. The molecule has 0 aliphatic carbocycles. The third-order valence-electron chi connectivity index (χ3n) is 3.70. The first-order valence-electron chi connectivity index (χ1n) is 7.88. The van der Waals surface area contributed by atoms with Crippen LogP contribution in [0.25, 0.3) is 0 Å². The summed E-state index contributed by atoms with van der Waals surface area (Å²) in [5, 5.41) is -0.230. The number of alkyl halides is 1. The van der Waals surface area contributed by atoms with E-state index in [1.807, 2.05) is 0 Å². The van der Waals surface area contributed by atoms with E-state index < -0.39 is 23.2 Å². The quantitative estimate of drug-likeness (QED) is 0.539. The van der Waals surface area contributed by atoms with Crippen molar-refractivity contribution in [3.05, 3.63) is 0 Å². The Balaban J connectivity index is 3.16. The van der Waals surface area contributed by atoms with Crippen molar-refractivity contribution < 1.29 is 23.9 Å². The molecule has 8 heteroatoms. The number of carbonyl (C=O) groups is 3. The number of carbonyl (C=O) groups excluding carboxylic acids is 3. The molecule has 0 saturated carbocycles. The van der Waals surface area contributed by atoms with Crippen LogP contribution in [0, 0.1) is 0 Å². The highest BCUT2D eigenvalue weighted by atomic mass is 35.5. The van der Waals surface area contributed by atoms with Crippen LogP contribution in [0.3, 0.4) is 0 Å². The fraction of sp³-hybridized carbons (Fsp3) is 0.812. The number of hydrogen-bond acceptors (Lipinski definition) is 6. The second-order valence-corrected chi connectivity index (χ2v) is 8.70. The van der Waals surface area contributed by atoms with E-state index in [4.69, 9.17) is 21.1 Å². The molecule has 1 fully saturated rings. The Morgan fingerprint density at radius 2 is 1.96 bits per heavy atom. The van der Waals surface area contributed by atoms with Crippen LogP contribution < -0.4 is 0 Å². The number of hydrogen-bond donors (Lipinski definition) is 0. The summed E-state index contributed by atoms with van der Waals surface area (Å²) in [7, 11) is 1.30. The summed E-state index contributed by atoms with van der Waals surface area (Å²) in [6, 6.07) is 0. The Hall–Kier alpha value is -0.950. The van der Waals surface area contributed by atoms with E-state index in [-0.39, 0.29) is 16.9 Å². The Kier molecular flexibility index (Phi) is 7.41. The van der Waals surface area contributed by atoms with Gasteiger partial charge in [0.25, 0.3) is 0 Å². The molecule has 6 nitrogen and oxygen atoms in total. The number of likely N-dealkylation sites (tertiary alicyclic amines) is 1. The van der Waals surface area contributed by atoms with Crippen molar-refractivity contribution in [3.63, 3.8) is 0 Å². The number of thioether (sulfide) groups is 1. The van der Waals surface area contributed by atoms with Crippen LogP contribution >= 0.6 is 23.4 Å². The summed E-state index contributed by atoms with van der Waals surface area (Å²) < 4.78 is 10.4. The van der Waals surface area contributed by atoms with Gasteiger partial charge in [-0.3, -0.25) is 9.69 Å². The van der Waals surface area contributed by atoms with Crippen molar-refractivity contribution in [2.45, 2.75) is 63.3 Å². The van der Waals surface area contributed by atoms with Crippen molar-refractivity contribution >= 4 is 40.5 Å².